The number of aromatic nitrogens is 3. The van der Waals surface area contributed by atoms with Gasteiger partial charge in [0, 0.05) is 24.7 Å². The third-order valence-electron chi connectivity index (χ3n) is 6.97. The summed E-state index contributed by atoms with van der Waals surface area (Å²) in [6, 6.07) is 17.1. The lowest BCUT2D eigenvalue weighted by Crippen LogP contribution is -2.55. The fraction of sp³-hybridized carbons (Fsp3) is 0.267. The van der Waals surface area contributed by atoms with E-state index in [0.717, 1.165) is 18.4 Å². The predicted molar refractivity (Wildman–Crippen MR) is 151 cm³/mol. The highest BCUT2D eigenvalue weighted by Crippen LogP contribution is 2.33. The lowest BCUT2D eigenvalue weighted by atomic mass is 10.0. The van der Waals surface area contributed by atoms with Gasteiger partial charge < -0.3 is 25.9 Å². The van der Waals surface area contributed by atoms with Crippen LogP contribution in [0.25, 0.3) is 11.0 Å². The normalized spacial score (nSPS) is 14.1. The molecule has 41 heavy (non-hydrogen) atoms. The topological polar surface area (TPSA) is 166 Å². The van der Waals surface area contributed by atoms with Crippen molar-refractivity contribution in [1.29, 1.82) is 0 Å². The lowest BCUT2D eigenvalue weighted by Gasteiger charge is -2.22. The predicted octanol–water partition coefficient (Wildman–Crippen LogP) is 1.76. The van der Waals surface area contributed by atoms with Gasteiger partial charge in [-0.05, 0) is 36.1 Å². The number of hydrogen-bond acceptors (Lipinski definition) is 6. The van der Waals surface area contributed by atoms with Crippen LogP contribution in [0.4, 0.5) is 0 Å². The quantitative estimate of drug-likeness (QED) is 0.167. The molecule has 210 valence electrons. The molecule has 0 aliphatic heterocycles. The number of benzene rings is 2. The van der Waals surface area contributed by atoms with Crippen LogP contribution in [0.3, 0.4) is 0 Å². The maximum absolute atomic E-state index is 13.5. The van der Waals surface area contributed by atoms with Crippen molar-refractivity contribution in [3.63, 3.8) is 0 Å². The summed E-state index contributed by atoms with van der Waals surface area (Å²) in [5.41, 5.74) is 1.89. The van der Waals surface area contributed by atoms with E-state index in [1.807, 2.05) is 24.3 Å². The largest absolute Gasteiger partial charge is 0.345 e. The van der Waals surface area contributed by atoms with Crippen molar-refractivity contribution in [2.75, 3.05) is 0 Å². The van der Waals surface area contributed by atoms with Crippen molar-refractivity contribution >= 4 is 34.5 Å². The molecule has 5 N–H and O–H groups in total. The van der Waals surface area contributed by atoms with Gasteiger partial charge in [-0.3, -0.25) is 24.0 Å². The van der Waals surface area contributed by atoms with Gasteiger partial charge in [-0.25, -0.2) is 4.98 Å². The third-order valence-corrected chi connectivity index (χ3v) is 6.97. The van der Waals surface area contributed by atoms with E-state index in [-0.39, 0.29) is 30.3 Å². The second-order valence-electron chi connectivity index (χ2n) is 10.1. The molecule has 0 saturated heterocycles. The molecule has 2 aromatic heterocycles. The third kappa shape index (κ3) is 7.13. The monoisotopic (exact) mass is 554 g/mol. The maximum Gasteiger partial charge on any atom is 0.289 e. The minimum Gasteiger partial charge on any atom is -0.345 e. The van der Waals surface area contributed by atoms with E-state index in [2.05, 4.69) is 30.9 Å². The van der Waals surface area contributed by atoms with E-state index in [1.165, 1.54) is 12.3 Å². The summed E-state index contributed by atoms with van der Waals surface area (Å²) < 4.78 is 0. The first kappa shape index (κ1) is 27.5. The molecule has 3 amide bonds. The molecule has 0 bridgehead atoms. The van der Waals surface area contributed by atoms with E-state index in [9.17, 15) is 24.0 Å². The summed E-state index contributed by atoms with van der Waals surface area (Å²) in [7, 11) is 0. The molecule has 2 heterocycles. The molecule has 2 atom stereocenters. The van der Waals surface area contributed by atoms with Crippen LogP contribution in [0.5, 0.6) is 0 Å². The highest BCUT2D eigenvalue weighted by atomic mass is 16.2. The van der Waals surface area contributed by atoms with E-state index in [1.54, 1.807) is 36.4 Å². The molecule has 1 saturated carbocycles. The number of amides is 3. The minimum absolute atomic E-state index is 0.0588. The zero-order valence-corrected chi connectivity index (χ0v) is 22.2. The number of ketones is 1. The van der Waals surface area contributed by atoms with Crippen LogP contribution < -0.4 is 21.5 Å². The molecule has 1 aliphatic rings. The van der Waals surface area contributed by atoms with E-state index >= 15 is 0 Å². The number of carbonyl (C=O) groups is 4. The Bertz CT molecular complexity index is 1590. The van der Waals surface area contributed by atoms with Gasteiger partial charge in [-0.1, -0.05) is 61.4 Å². The van der Waals surface area contributed by atoms with Crippen LogP contribution in [-0.4, -0.2) is 50.5 Å². The number of H-pyrrole nitrogens is 2. The second kappa shape index (κ2) is 12.4. The fourth-order valence-corrected chi connectivity index (χ4v) is 4.55. The van der Waals surface area contributed by atoms with Gasteiger partial charge in [0.2, 0.25) is 11.7 Å². The Hall–Kier alpha value is -5.06. The highest BCUT2D eigenvalue weighted by molar-refractivity contribution is 6.38. The molecular weight excluding hydrogens is 524 g/mol. The number of nitrogens with one attached hydrogen (secondary N) is 5. The van der Waals surface area contributed by atoms with Gasteiger partial charge in [-0.2, -0.15) is 0 Å². The Morgan fingerprint density at radius 1 is 0.902 bits per heavy atom. The van der Waals surface area contributed by atoms with Crippen LogP contribution >= 0.6 is 0 Å². The van der Waals surface area contributed by atoms with Gasteiger partial charge in [0.15, 0.2) is 5.82 Å². The zero-order chi connectivity index (χ0) is 28.8. The number of aromatic amines is 2. The Balaban J connectivity index is 1.32. The number of para-hydroxylation sites is 2. The van der Waals surface area contributed by atoms with Gasteiger partial charge >= 0.3 is 0 Å². The molecule has 0 radical (unpaired) electrons. The summed E-state index contributed by atoms with van der Waals surface area (Å²) in [6.07, 6.45) is 3.47. The Morgan fingerprint density at radius 3 is 2.39 bits per heavy atom. The molecule has 11 heteroatoms. The Labute approximate surface area is 235 Å². The van der Waals surface area contributed by atoms with Crippen molar-refractivity contribution in [2.45, 2.75) is 44.3 Å². The molecule has 2 unspecified atom stereocenters. The van der Waals surface area contributed by atoms with Crippen molar-refractivity contribution in [1.82, 2.24) is 30.9 Å². The summed E-state index contributed by atoms with van der Waals surface area (Å²) in [5.74, 6) is -2.67. The number of nitrogens with zero attached hydrogens (tertiary/aromatic N) is 1. The highest BCUT2D eigenvalue weighted by Gasteiger charge is 2.34. The van der Waals surface area contributed by atoms with Crippen LogP contribution in [0, 0.1) is 5.92 Å². The first-order chi connectivity index (χ1) is 19.9. The van der Waals surface area contributed by atoms with E-state index < -0.39 is 41.1 Å². The van der Waals surface area contributed by atoms with Crippen molar-refractivity contribution in [2.24, 2.45) is 5.92 Å². The summed E-state index contributed by atoms with van der Waals surface area (Å²) in [5, 5.41) is 7.96. The molecule has 11 nitrogen and oxygen atoms in total. The number of Topliss-reactive ketones (excluding diaryl/α,β-unsaturated/α-hetero) is 1. The standard InChI is InChI=1S/C30H30N6O5/c37-25(29(40)32-17-19-7-2-1-3-8-19)23(16-20-9-6-14-31-27(20)38)35-28(39)24(15-18-12-13-18)36-30(41)26-33-21-10-4-5-11-22(21)34-26/h1-11,14,18,23-24H,12-13,15-17H2,(H,31,38)(H,32,40)(H,33,34)(H,35,39)(H,36,41). The van der Waals surface area contributed by atoms with Crippen molar-refractivity contribution in [3.8, 4) is 0 Å². The van der Waals surface area contributed by atoms with Gasteiger partial charge in [0.05, 0.1) is 11.0 Å². The molecule has 0 spiro atoms. The second-order valence-corrected chi connectivity index (χ2v) is 10.1. The number of pyridine rings is 1. The summed E-state index contributed by atoms with van der Waals surface area (Å²) in [6.45, 7) is 0.121. The molecule has 2 aromatic carbocycles. The maximum atomic E-state index is 13.5. The number of carbonyl (C=O) groups excluding carboxylic acids is 4. The van der Waals surface area contributed by atoms with Crippen molar-refractivity contribution < 1.29 is 19.2 Å². The Morgan fingerprint density at radius 2 is 1.66 bits per heavy atom. The van der Waals surface area contributed by atoms with Crippen LogP contribution in [-0.2, 0) is 27.3 Å². The molecular formula is C30H30N6O5. The van der Waals surface area contributed by atoms with Gasteiger partial charge in [-0.15, -0.1) is 0 Å². The van der Waals surface area contributed by atoms with Crippen molar-refractivity contribution in [3.05, 3.63) is 100 Å². The van der Waals surface area contributed by atoms with Crippen LogP contribution in [0.1, 0.15) is 41.0 Å². The molecule has 4 aromatic rings. The molecule has 5 rings (SSSR count). The lowest BCUT2D eigenvalue weighted by molar-refractivity contribution is -0.140. The summed E-state index contributed by atoms with van der Waals surface area (Å²) >= 11 is 0. The smallest absolute Gasteiger partial charge is 0.289 e. The first-order valence-corrected chi connectivity index (χ1v) is 13.5. The van der Waals surface area contributed by atoms with Crippen LogP contribution in [0.2, 0.25) is 0 Å². The minimum atomic E-state index is -1.33. The van der Waals surface area contributed by atoms with E-state index in [0.29, 0.717) is 17.5 Å². The Kier molecular flexibility index (Phi) is 8.33. The first-order valence-electron chi connectivity index (χ1n) is 13.5. The van der Waals surface area contributed by atoms with Gasteiger partial charge in [0.1, 0.15) is 12.1 Å². The average molecular weight is 555 g/mol. The van der Waals surface area contributed by atoms with Gasteiger partial charge in [0.25, 0.3) is 17.4 Å². The zero-order valence-electron chi connectivity index (χ0n) is 22.2. The molecule has 1 fully saturated rings. The SMILES string of the molecule is O=C(NCc1ccccc1)C(=O)C(Cc1ccc[nH]c1=O)NC(=O)C(CC1CC1)NC(=O)c1nc2ccccc2[nH]1. The number of fused-ring (bicyclic) bond motifs is 1. The molecule has 1 aliphatic carbocycles. The average Bonchev–Trinajstić information content (AvgIpc) is 3.70. The number of hydrogen-bond donors (Lipinski definition) is 5. The summed E-state index contributed by atoms with van der Waals surface area (Å²) in [4.78, 5) is 74.8. The fourth-order valence-electron chi connectivity index (χ4n) is 4.55. The number of rotatable bonds is 12. The van der Waals surface area contributed by atoms with Crippen LogP contribution in [0.15, 0.2) is 77.7 Å². The van der Waals surface area contributed by atoms with E-state index in [4.69, 9.17) is 0 Å². The number of imidazole rings is 1.